The number of nitrogens with zero attached hydrogens (tertiary/aromatic N) is 2. The van der Waals surface area contributed by atoms with E-state index >= 15 is 0 Å². The maximum absolute atomic E-state index is 11.5. The summed E-state index contributed by atoms with van der Waals surface area (Å²) in [4.78, 5) is 0. The predicted octanol–water partition coefficient (Wildman–Crippen LogP) is -1.03. The molecule has 0 unspecified atom stereocenters. The summed E-state index contributed by atoms with van der Waals surface area (Å²) in [6.07, 6.45) is 1.02. The van der Waals surface area contributed by atoms with Crippen LogP contribution >= 0.6 is 0 Å². The van der Waals surface area contributed by atoms with Crippen molar-refractivity contribution in [3.8, 4) is 0 Å². The molecule has 0 aliphatic carbocycles. The first-order valence-electron chi connectivity index (χ1n) is 4.44. The predicted molar refractivity (Wildman–Crippen MR) is 50.2 cm³/mol. The Morgan fingerprint density at radius 1 is 0.714 bits per heavy atom. The second kappa shape index (κ2) is 3.16. The molecule has 0 spiro atoms. The molecule has 0 bridgehead atoms. The maximum Gasteiger partial charge on any atom is 0.227 e. The van der Waals surface area contributed by atoms with E-state index in [1.807, 2.05) is 0 Å². The number of hydrazine groups is 1. The molecular weight excluding hydrogens is 228 g/mol. The smallest absolute Gasteiger partial charge is 0.211 e. The highest BCUT2D eigenvalue weighted by Crippen LogP contribution is 2.23. The van der Waals surface area contributed by atoms with Gasteiger partial charge in [-0.15, -0.1) is 8.83 Å². The molecule has 2 aliphatic heterocycles. The molecule has 0 aromatic carbocycles. The molecule has 0 saturated carbocycles. The van der Waals surface area contributed by atoms with Gasteiger partial charge in [-0.2, -0.15) is 0 Å². The molecule has 0 aromatic rings. The van der Waals surface area contributed by atoms with Crippen molar-refractivity contribution in [1.29, 1.82) is 0 Å². The number of hydrogen-bond donors (Lipinski definition) is 0. The largest absolute Gasteiger partial charge is 0.227 e. The molecule has 2 heterocycles. The van der Waals surface area contributed by atoms with Gasteiger partial charge in [0.25, 0.3) is 0 Å². The summed E-state index contributed by atoms with van der Waals surface area (Å²) in [5.74, 6) is 0.109. The third-order valence-corrected chi connectivity index (χ3v) is 6.15. The summed E-state index contributed by atoms with van der Waals surface area (Å²) in [5.41, 5.74) is 0. The Balaban J connectivity index is 2.33. The summed E-state index contributed by atoms with van der Waals surface area (Å²) in [7, 11) is -6.72. The van der Waals surface area contributed by atoms with E-state index < -0.39 is 20.0 Å². The standard InChI is InChI=1S/C6H12N2O4S2/c9-13(10)5-1-3-7(13)8-4-2-6-14(8,11)12/h1-6H2. The van der Waals surface area contributed by atoms with E-state index in [9.17, 15) is 16.8 Å². The first-order chi connectivity index (χ1) is 6.43. The van der Waals surface area contributed by atoms with Crippen LogP contribution in [0.4, 0.5) is 0 Å². The van der Waals surface area contributed by atoms with Crippen molar-refractivity contribution in [2.75, 3.05) is 24.6 Å². The van der Waals surface area contributed by atoms with Crippen LogP contribution in [-0.2, 0) is 20.0 Å². The number of sulfonamides is 2. The van der Waals surface area contributed by atoms with Crippen LogP contribution in [0.5, 0.6) is 0 Å². The minimum Gasteiger partial charge on any atom is -0.211 e. The Labute approximate surface area is 83.6 Å². The van der Waals surface area contributed by atoms with Crippen molar-refractivity contribution in [3.63, 3.8) is 0 Å². The van der Waals surface area contributed by atoms with E-state index in [0.29, 0.717) is 25.9 Å². The molecule has 82 valence electrons. The highest BCUT2D eigenvalue weighted by atomic mass is 32.2. The minimum absolute atomic E-state index is 0.0546. The zero-order valence-corrected chi connectivity index (χ0v) is 9.22. The molecule has 14 heavy (non-hydrogen) atoms. The highest BCUT2D eigenvalue weighted by molar-refractivity contribution is 7.92. The minimum atomic E-state index is -3.36. The molecule has 0 amide bonds. The second-order valence-electron chi connectivity index (χ2n) is 3.43. The van der Waals surface area contributed by atoms with Gasteiger partial charge in [-0.05, 0) is 12.8 Å². The zero-order valence-electron chi connectivity index (χ0n) is 7.59. The van der Waals surface area contributed by atoms with E-state index in [1.54, 1.807) is 0 Å². The Hall–Kier alpha value is -0.180. The number of hydrogen-bond acceptors (Lipinski definition) is 4. The van der Waals surface area contributed by atoms with Gasteiger partial charge in [-0.3, -0.25) is 0 Å². The van der Waals surface area contributed by atoms with Gasteiger partial charge < -0.3 is 0 Å². The van der Waals surface area contributed by atoms with Crippen LogP contribution in [0.1, 0.15) is 12.8 Å². The van der Waals surface area contributed by atoms with Crippen molar-refractivity contribution in [3.05, 3.63) is 0 Å². The molecule has 0 N–H and O–H groups in total. The van der Waals surface area contributed by atoms with Crippen molar-refractivity contribution < 1.29 is 16.8 Å². The van der Waals surface area contributed by atoms with Crippen molar-refractivity contribution >= 4 is 20.0 Å². The fourth-order valence-electron chi connectivity index (χ4n) is 1.75. The topological polar surface area (TPSA) is 74.8 Å². The molecule has 2 saturated heterocycles. The molecule has 8 heteroatoms. The van der Waals surface area contributed by atoms with Crippen molar-refractivity contribution in [2.45, 2.75) is 12.8 Å². The van der Waals surface area contributed by atoms with Crippen LogP contribution < -0.4 is 0 Å². The first-order valence-corrected chi connectivity index (χ1v) is 7.66. The van der Waals surface area contributed by atoms with Crippen LogP contribution in [-0.4, -0.2) is 50.3 Å². The molecule has 0 atom stereocenters. The zero-order chi connectivity index (χ0) is 10.4. The third-order valence-electron chi connectivity index (χ3n) is 2.39. The SMILES string of the molecule is O=S1(=O)CCCN1N1CCCS1(=O)=O. The van der Waals surface area contributed by atoms with Gasteiger partial charge in [-0.25, -0.2) is 16.8 Å². The molecule has 0 aromatic heterocycles. The van der Waals surface area contributed by atoms with Gasteiger partial charge in [-0.1, -0.05) is 0 Å². The van der Waals surface area contributed by atoms with E-state index in [0.717, 1.165) is 8.83 Å². The molecule has 2 fully saturated rings. The summed E-state index contributed by atoms with van der Waals surface area (Å²) < 4.78 is 47.8. The lowest BCUT2D eigenvalue weighted by Gasteiger charge is -2.23. The quantitative estimate of drug-likeness (QED) is 0.587. The summed E-state index contributed by atoms with van der Waals surface area (Å²) in [6.45, 7) is 0.586. The monoisotopic (exact) mass is 240 g/mol. The molecule has 2 aliphatic rings. The van der Waals surface area contributed by atoms with Gasteiger partial charge in [0.2, 0.25) is 20.0 Å². The average molecular weight is 240 g/mol. The van der Waals surface area contributed by atoms with Crippen molar-refractivity contribution in [2.24, 2.45) is 0 Å². The van der Waals surface area contributed by atoms with Crippen LogP contribution in [0, 0.1) is 0 Å². The van der Waals surface area contributed by atoms with Gasteiger partial charge in [0, 0.05) is 13.1 Å². The first kappa shape index (κ1) is 10.3. The lowest BCUT2D eigenvalue weighted by Crippen LogP contribution is -2.44. The molecule has 6 nitrogen and oxygen atoms in total. The third kappa shape index (κ3) is 1.56. The Kier molecular flexibility index (Phi) is 2.33. The lowest BCUT2D eigenvalue weighted by molar-refractivity contribution is 0.189. The second-order valence-corrected chi connectivity index (χ2v) is 7.42. The van der Waals surface area contributed by atoms with E-state index in [2.05, 4.69) is 0 Å². The van der Waals surface area contributed by atoms with E-state index in [4.69, 9.17) is 0 Å². The Bertz CT molecular complexity index is 385. The van der Waals surface area contributed by atoms with Crippen LogP contribution in [0.25, 0.3) is 0 Å². The molecule has 2 rings (SSSR count). The van der Waals surface area contributed by atoms with Crippen LogP contribution in [0.3, 0.4) is 0 Å². The Morgan fingerprint density at radius 2 is 1.07 bits per heavy atom. The summed E-state index contributed by atoms with van der Waals surface area (Å²) in [5, 5.41) is 0. The van der Waals surface area contributed by atoms with Gasteiger partial charge >= 0.3 is 0 Å². The molecular formula is C6H12N2O4S2. The highest BCUT2D eigenvalue weighted by Gasteiger charge is 2.41. The fourth-order valence-corrected chi connectivity index (χ4v) is 5.31. The van der Waals surface area contributed by atoms with Crippen LogP contribution in [0.15, 0.2) is 0 Å². The fraction of sp³-hybridized carbons (Fsp3) is 1.00. The van der Waals surface area contributed by atoms with E-state index in [1.165, 1.54) is 0 Å². The van der Waals surface area contributed by atoms with E-state index in [-0.39, 0.29) is 11.5 Å². The normalized spacial score (nSPS) is 32.3. The summed E-state index contributed by atoms with van der Waals surface area (Å²) >= 11 is 0. The number of rotatable bonds is 1. The van der Waals surface area contributed by atoms with Crippen molar-refractivity contribution in [1.82, 2.24) is 8.83 Å². The Morgan fingerprint density at radius 3 is 1.29 bits per heavy atom. The van der Waals surface area contributed by atoms with Gasteiger partial charge in [0.15, 0.2) is 0 Å². The average Bonchev–Trinajstić information content (AvgIpc) is 2.53. The maximum atomic E-state index is 11.5. The van der Waals surface area contributed by atoms with Crippen LogP contribution in [0.2, 0.25) is 0 Å². The van der Waals surface area contributed by atoms with Gasteiger partial charge in [0.05, 0.1) is 11.5 Å². The summed E-state index contributed by atoms with van der Waals surface area (Å²) in [6, 6.07) is 0. The van der Waals surface area contributed by atoms with Gasteiger partial charge in [0.1, 0.15) is 0 Å². The lowest BCUT2D eigenvalue weighted by atomic mass is 10.5. The molecule has 0 radical (unpaired) electrons.